The van der Waals surface area contributed by atoms with E-state index in [1.807, 2.05) is 78.9 Å². The molecule has 6 heteroatoms. The van der Waals surface area contributed by atoms with Crippen LogP contribution in [-0.2, 0) is 0 Å². The minimum absolute atomic E-state index is 0.318. The minimum Gasteiger partial charge on any atom is -0.422 e. The van der Waals surface area contributed by atoms with Crippen LogP contribution in [0.2, 0.25) is 0 Å². The summed E-state index contributed by atoms with van der Waals surface area (Å²) in [7, 11) is 0. The van der Waals surface area contributed by atoms with Crippen molar-refractivity contribution in [2.75, 3.05) is 18.0 Å². The van der Waals surface area contributed by atoms with Gasteiger partial charge in [0, 0.05) is 50.8 Å². The lowest BCUT2D eigenvalue weighted by molar-refractivity contribution is 0.563. The number of nitrogens with zero attached hydrogens (tertiary/aromatic N) is 1. The molecule has 0 aliphatic rings. The highest BCUT2D eigenvalue weighted by Gasteiger charge is 2.15. The molecule has 0 atom stereocenters. The minimum atomic E-state index is -0.343. The van der Waals surface area contributed by atoms with Gasteiger partial charge in [0.2, 0.25) is 0 Å². The molecule has 3 aromatic heterocycles. The van der Waals surface area contributed by atoms with Crippen LogP contribution in [0.5, 0.6) is 0 Å². The summed E-state index contributed by atoms with van der Waals surface area (Å²) in [6, 6.07) is 51.3. The maximum absolute atomic E-state index is 13.2. The molecular weight excluding hydrogens is 711 g/mol. The van der Waals surface area contributed by atoms with Gasteiger partial charge in [-0.2, -0.15) is 0 Å². The molecule has 0 unspecified atom stereocenters. The van der Waals surface area contributed by atoms with Gasteiger partial charge in [0.1, 0.15) is 11.2 Å². The van der Waals surface area contributed by atoms with E-state index in [9.17, 15) is 9.59 Å². The molecule has 9 aromatic rings. The number of rotatable bonds is 10. The maximum Gasteiger partial charge on any atom is 0.345 e. The van der Waals surface area contributed by atoms with E-state index in [1.165, 1.54) is 0 Å². The summed E-state index contributed by atoms with van der Waals surface area (Å²) >= 11 is 1.59. The molecular formula is C50H39NO4S. The van der Waals surface area contributed by atoms with Crippen molar-refractivity contribution in [3.63, 3.8) is 0 Å². The predicted octanol–water partition coefficient (Wildman–Crippen LogP) is 13.1. The average Bonchev–Trinajstić information content (AvgIpc) is 3.73. The molecule has 0 N–H and O–H groups in total. The Hall–Kier alpha value is -6.50. The van der Waals surface area contributed by atoms with Crippen LogP contribution in [-0.4, -0.2) is 13.1 Å². The second-order valence-corrected chi connectivity index (χ2v) is 15.3. The lowest BCUT2D eigenvalue weighted by atomic mass is 9.97. The van der Waals surface area contributed by atoms with Gasteiger partial charge in [-0.3, -0.25) is 0 Å². The highest BCUT2D eigenvalue weighted by atomic mass is 32.1. The van der Waals surface area contributed by atoms with Crippen molar-refractivity contribution in [2.45, 2.75) is 26.7 Å². The van der Waals surface area contributed by atoms with Crippen LogP contribution >= 0.6 is 11.3 Å². The molecule has 56 heavy (non-hydrogen) atoms. The summed E-state index contributed by atoms with van der Waals surface area (Å²) in [6.07, 6.45) is 2.12. The summed E-state index contributed by atoms with van der Waals surface area (Å²) < 4.78 is 11.7. The summed E-state index contributed by atoms with van der Waals surface area (Å²) in [5.41, 5.74) is 9.11. The summed E-state index contributed by atoms with van der Waals surface area (Å²) in [5.74, 6) is 0. The van der Waals surface area contributed by atoms with E-state index >= 15 is 0 Å². The Balaban J connectivity index is 0.900. The molecule has 0 fully saturated rings. The number of benzene rings is 6. The van der Waals surface area contributed by atoms with Crippen LogP contribution in [0.25, 0.3) is 87.0 Å². The molecule has 3 heterocycles. The molecule has 0 spiro atoms. The molecule has 0 bridgehead atoms. The van der Waals surface area contributed by atoms with E-state index in [2.05, 4.69) is 91.5 Å². The van der Waals surface area contributed by atoms with Gasteiger partial charge in [-0.05, 0) is 88.0 Å². The largest absolute Gasteiger partial charge is 0.422 e. The van der Waals surface area contributed by atoms with Gasteiger partial charge >= 0.3 is 11.3 Å². The maximum atomic E-state index is 13.2. The number of hydrogen-bond donors (Lipinski definition) is 0. The number of anilines is 1. The SMILES string of the molecule is CCCN(CCC)c1ccc2cc(-c3ccc(-c4ccc(-c5ccc(-c6ccc(-c7cc8ccc9ccccc9c8oc7=O)cc6)cc5)cc4)s3)c(=O)oc2c1. The van der Waals surface area contributed by atoms with Crippen molar-refractivity contribution in [1.29, 1.82) is 0 Å². The Labute approximate surface area is 328 Å². The standard InChI is InChI=1S/C50H39NO4S/c1-3-27-51(28-4-2)41-24-23-39-29-44(50(53)54-45(39)31-41)47-26-25-46(56-47)38-20-15-35(16-21-38)33-11-9-32(10-12-33)34-13-17-37(18-14-34)43-30-40-22-19-36-7-5-6-8-42(36)48(40)55-49(43)52/h5-26,29-31H,3-4,27-28H2,1-2H3. The monoisotopic (exact) mass is 749 g/mol. The Bertz CT molecular complexity index is 2970. The molecule has 0 radical (unpaired) electrons. The Morgan fingerprint density at radius 2 is 1.02 bits per heavy atom. The smallest absolute Gasteiger partial charge is 0.345 e. The summed E-state index contributed by atoms with van der Waals surface area (Å²) in [6.45, 7) is 6.30. The quantitative estimate of drug-likeness (QED) is 0.103. The van der Waals surface area contributed by atoms with Crippen LogP contribution in [0.4, 0.5) is 5.69 Å². The third kappa shape index (κ3) is 6.73. The summed E-state index contributed by atoms with van der Waals surface area (Å²) in [4.78, 5) is 30.6. The first kappa shape index (κ1) is 35.2. The zero-order valence-corrected chi connectivity index (χ0v) is 32.1. The number of fused-ring (bicyclic) bond motifs is 4. The van der Waals surface area contributed by atoms with Gasteiger partial charge in [0.05, 0.1) is 11.1 Å². The van der Waals surface area contributed by atoms with Gasteiger partial charge in [-0.1, -0.05) is 123 Å². The predicted molar refractivity (Wildman–Crippen MR) is 234 cm³/mol. The van der Waals surface area contributed by atoms with Gasteiger partial charge < -0.3 is 13.7 Å². The second-order valence-electron chi connectivity index (χ2n) is 14.2. The zero-order valence-electron chi connectivity index (χ0n) is 31.3. The van der Waals surface area contributed by atoms with E-state index in [-0.39, 0.29) is 11.3 Å². The van der Waals surface area contributed by atoms with E-state index in [0.29, 0.717) is 22.3 Å². The normalized spacial score (nSPS) is 11.5. The Kier molecular flexibility index (Phi) is 9.41. The molecule has 5 nitrogen and oxygen atoms in total. The first-order valence-corrected chi connectivity index (χ1v) is 20.0. The number of thiophene rings is 1. The molecule has 274 valence electrons. The molecule has 0 saturated carbocycles. The Morgan fingerprint density at radius 3 is 1.68 bits per heavy atom. The zero-order chi connectivity index (χ0) is 38.2. The van der Waals surface area contributed by atoms with Crippen LogP contribution in [0.15, 0.2) is 170 Å². The van der Waals surface area contributed by atoms with Gasteiger partial charge in [-0.25, -0.2) is 9.59 Å². The average molecular weight is 750 g/mol. The highest BCUT2D eigenvalue weighted by molar-refractivity contribution is 7.18. The molecule has 0 amide bonds. The fourth-order valence-corrected chi connectivity index (χ4v) is 8.61. The second kappa shape index (κ2) is 15.0. The van der Waals surface area contributed by atoms with Crippen molar-refractivity contribution >= 4 is 49.7 Å². The molecule has 0 saturated heterocycles. The Morgan fingerprint density at radius 1 is 0.482 bits per heavy atom. The van der Waals surface area contributed by atoms with E-state index in [4.69, 9.17) is 8.83 Å². The van der Waals surface area contributed by atoms with Crippen LogP contribution in [0, 0.1) is 0 Å². The fourth-order valence-electron chi connectivity index (χ4n) is 7.59. The van der Waals surface area contributed by atoms with Crippen LogP contribution < -0.4 is 16.2 Å². The van der Waals surface area contributed by atoms with Crippen molar-refractivity contribution in [3.8, 4) is 54.3 Å². The number of hydrogen-bond acceptors (Lipinski definition) is 6. The summed E-state index contributed by atoms with van der Waals surface area (Å²) in [5, 5.41) is 3.80. The molecule has 9 rings (SSSR count). The first-order valence-electron chi connectivity index (χ1n) is 19.2. The van der Waals surface area contributed by atoms with Gasteiger partial charge in [-0.15, -0.1) is 11.3 Å². The van der Waals surface area contributed by atoms with Crippen molar-refractivity contribution in [2.24, 2.45) is 0 Å². The topological polar surface area (TPSA) is 63.7 Å². The highest BCUT2D eigenvalue weighted by Crippen LogP contribution is 2.36. The van der Waals surface area contributed by atoms with E-state index in [0.717, 1.165) is 96.3 Å². The lowest BCUT2D eigenvalue weighted by Gasteiger charge is -2.23. The van der Waals surface area contributed by atoms with E-state index in [1.54, 1.807) is 11.3 Å². The van der Waals surface area contributed by atoms with Gasteiger partial charge in [0.15, 0.2) is 0 Å². The van der Waals surface area contributed by atoms with Crippen molar-refractivity contribution in [1.82, 2.24) is 0 Å². The fraction of sp³-hybridized carbons (Fsp3) is 0.120. The van der Waals surface area contributed by atoms with Gasteiger partial charge in [0.25, 0.3) is 0 Å². The third-order valence-electron chi connectivity index (χ3n) is 10.5. The first-order chi connectivity index (χ1) is 27.4. The van der Waals surface area contributed by atoms with Crippen LogP contribution in [0.3, 0.4) is 0 Å². The lowest BCUT2D eigenvalue weighted by Crippen LogP contribution is -2.24. The molecule has 0 aliphatic carbocycles. The third-order valence-corrected chi connectivity index (χ3v) is 11.7. The van der Waals surface area contributed by atoms with Crippen molar-refractivity contribution < 1.29 is 8.83 Å². The molecule has 6 aromatic carbocycles. The molecule has 0 aliphatic heterocycles. The van der Waals surface area contributed by atoms with E-state index < -0.39 is 0 Å². The van der Waals surface area contributed by atoms with Crippen LogP contribution in [0.1, 0.15) is 26.7 Å². The van der Waals surface area contributed by atoms with Crippen molar-refractivity contribution in [3.05, 3.63) is 172 Å².